The summed E-state index contributed by atoms with van der Waals surface area (Å²) in [5, 5.41) is 3.05. The average molecular weight is 423 g/mol. The number of hydrogen-bond acceptors (Lipinski definition) is 3. The summed E-state index contributed by atoms with van der Waals surface area (Å²) in [6, 6.07) is 22.8. The number of amides is 1. The van der Waals surface area contributed by atoms with Gasteiger partial charge in [-0.05, 0) is 49.2 Å². The Morgan fingerprint density at radius 3 is 2.27 bits per heavy atom. The second kappa shape index (κ2) is 9.13. The molecule has 0 radical (unpaired) electrons. The largest absolute Gasteiger partial charge is 0.345 e. The van der Waals surface area contributed by atoms with Gasteiger partial charge in [0.15, 0.2) is 0 Å². The van der Waals surface area contributed by atoms with Gasteiger partial charge >= 0.3 is 0 Å². The number of hydrogen-bond donors (Lipinski definition) is 1. The highest BCUT2D eigenvalue weighted by molar-refractivity contribution is 7.92. The smallest absolute Gasteiger partial charge is 0.264 e. The van der Waals surface area contributed by atoms with Crippen LogP contribution in [0.5, 0.6) is 0 Å². The molecule has 0 fully saturated rings. The molecule has 3 aromatic carbocycles. The maximum absolute atomic E-state index is 12.9. The third-order valence-corrected chi connectivity index (χ3v) is 6.87. The lowest BCUT2D eigenvalue weighted by atomic mass is 10.0. The molecule has 6 heteroatoms. The van der Waals surface area contributed by atoms with Gasteiger partial charge in [0.1, 0.15) is 0 Å². The molecule has 0 bridgehead atoms. The van der Waals surface area contributed by atoms with Gasteiger partial charge in [0.25, 0.3) is 15.9 Å². The number of anilines is 1. The molecule has 0 heterocycles. The predicted octanol–water partition coefficient (Wildman–Crippen LogP) is 4.70. The highest BCUT2D eigenvalue weighted by atomic mass is 32.2. The molecule has 3 rings (SSSR count). The molecule has 0 spiro atoms. The van der Waals surface area contributed by atoms with Gasteiger partial charge in [-0.25, -0.2) is 8.42 Å². The molecule has 0 saturated heterocycles. The van der Waals surface area contributed by atoms with Crippen LogP contribution in [0.4, 0.5) is 5.69 Å². The lowest BCUT2D eigenvalue weighted by molar-refractivity contribution is 0.0935. The van der Waals surface area contributed by atoms with Crippen molar-refractivity contribution in [3.05, 3.63) is 95.6 Å². The molecule has 30 heavy (non-hydrogen) atoms. The summed E-state index contributed by atoms with van der Waals surface area (Å²) in [6.45, 7) is 4.04. The van der Waals surface area contributed by atoms with E-state index < -0.39 is 10.0 Å². The molecule has 0 aromatic heterocycles. The molecule has 1 unspecified atom stereocenters. The molecular weight excluding hydrogens is 396 g/mol. The fourth-order valence-corrected chi connectivity index (χ4v) is 4.40. The van der Waals surface area contributed by atoms with E-state index in [1.165, 1.54) is 11.4 Å². The van der Waals surface area contributed by atoms with Crippen molar-refractivity contribution in [2.75, 3.05) is 11.4 Å². The van der Waals surface area contributed by atoms with E-state index in [1.54, 1.807) is 54.6 Å². The molecule has 1 amide bonds. The van der Waals surface area contributed by atoms with Crippen molar-refractivity contribution in [1.29, 1.82) is 0 Å². The highest BCUT2D eigenvalue weighted by Gasteiger charge is 2.22. The van der Waals surface area contributed by atoms with Crippen molar-refractivity contribution in [2.45, 2.75) is 31.2 Å². The summed E-state index contributed by atoms with van der Waals surface area (Å²) >= 11 is 0. The number of nitrogens with one attached hydrogen (secondary N) is 1. The number of carbonyl (C=O) groups excluding carboxylic acids is 1. The highest BCUT2D eigenvalue weighted by Crippen LogP contribution is 2.24. The number of carbonyl (C=O) groups is 1. The summed E-state index contributed by atoms with van der Waals surface area (Å²) < 4.78 is 26.9. The van der Waals surface area contributed by atoms with Crippen LogP contribution >= 0.6 is 0 Å². The Balaban J connectivity index is 1.82. The van der Waals surface area contributed by atoms with E-state index in [1.807, 2.05) is 38.1 Å². The van der Waals surface area contributed by atoms with Crippen molar-refractivity contribution in [1.82, 2.24) is 5.32 Å². The molecule has 0 saturated carbocycles. The summed E-state index contributed by atoms with van der Waals surface area (Å²) in [4.78, 5) is 13.1. The van der Waals surface area contributed by atoms with Gasteiger partial charge in [0.2, 0.25) is 0 Å². The Bertz CT molecular complexity index is 1110. The van der Waals surface area contributed by atoms with Gasteiger partial charge in [-0.2, -0.15) is 0 Å². The Morgan fingerprint density at radius 2 is 1.63 bits per heavy atom. The van der Waals surface area contributed by atoms with Crippen LogP contribution in [0.2, 0.25) is 0 Å². The zero-order valence-electron chi connectivity index (χ0n) is 17.4. The van der Waals surface area contributed by atoms with E-state index in [9.17, 15) is 13.2 Å². The third-order valence-electron chi connectivity index (χ3n) is 5.07. The van der Waals surface area contributed by atoms with E-state index in [0.29, 0.717) is 11.3 Å². The topological polar surface area (TPSA) is 66.5 Å². The first-order valence-electron chi connectivity index (χ1n) is 9.84. The van der Waals surface area contributed by atoms with Crippen LogP contribution in [0, 0.1) is 6.92 Å². The van der Waals surface area contributed by atoms with Gasteiger partial charge in [0.05, 0.1) is 16.6 Å². The molecule has 0 aliphatic heterocycles. The van der Waals surface area contributed by atoms with Crippen molar-refractivity contribution in [3.8, 4) is 0 Å². The fraction of sp³-hybridized carbons (Fsp3) is 0.208. The van der Waals surface area contributed by atoms with Gasteiger partial charge in [0, 0.05) is 12.6 Å². The summed E-state index contributed by atoms with van der Waals surface area (Å²) in [5.74, 6) is -0.241. The Morgan fingerprint density at radius 1 is 0.967 bits per heavy atom. The van der Waals surface area contributed by atoms with Crippen LogP contribution in [0.25, 0.3) is 0 Å². The second-order valence-electron chi connectivity index (χ2n) is 7.18. The Kier molecular flexibility index (Phi) is 6.57. The normalized spacial score (nSPS) is 12.2. The van der Waals surface area contributed by atoms with Gasteiger partial charge < -0.3 is 5.32 Å². The van der Waals surface area contributed by atoms with Crippen LogP contribution in [-0.4, -0.2) is 21.4 Å². The monoisotopic (exact) mass is 422 g/mol. The molecule has 1 N–H and O–H groups in total. The second-order valence-corrected chi connectivity index (χ2v) is 9.15. The number of aryl methyl sites for hydroxylation is 1. The Labute approximate surface area is 178 Å². The van der Waals surface area contributed by atoms with E-state index in [2.05, 4.69) is 5.32 Å². The number of sulfonamides is 1. The van der Waals surface area contributed by atoms with Gasteiger partial charge in [-0.1, -0.05) is 61.0 Å². The fourth-order valence-electron chi connectivity index (χ4n) is 3.19. The van der Waals surface area contributed by atoms with E-state index in [-0.39, 0.29) is 16.8 Å². The van der Waals surface area contributed by atoms with Crippen molar-refractivity contribution in [2.24, 2.45) is 0 Å². The van der Waals surface area contributed by atoms with Crippen molar-refractivity contribution in [3.63, 3.8) is 0 Å². The first-order chi connectivity index (χ1) is 14.3. The predicted molar refractivity (Wildman–Crippen MR) is 120 cm³/mol. The minimum Gasteiger partial charge on any atom is -0.345 e. The lowest BCUT2D eigenvalue weighted by Crippen LogP contribution is -2.29. The first-order valence-corrected chi connectivity index (χ1v) is 11.3. The molecule has 156 valence electrons. The summed E-state index contributed by atoms with van der Waals surface area (Å²) in [6.07, 6.45) is 0.747. The molecule has 1 atom stereocenters. The zero-order chi connectivity index (χ0) is 21.7. The molecular formula is C24H26N2O3S. The molecule has 3 aromatic rings. The third kappa shape index (κ3) is 4.71. The standard InChI is InChI=1S/C24H26N2O3S/c1-4-23(19-15-13-18(2)14-16-19)25-24(27)20-9-8-10-21(17-20)26(3)30(28,29)22-11-6-5-7-12-22/h5-17,23H,4H2,1-3H3,(H,25,27). The van der Waals surface area contributed by atoms with E-state index >= 15 is 0 Å². The maximum Gasteiger partial charge on any atom is 0.264 e. The van der Waals surface area contributed by atoms with Gasteiger partial charge in [-0.3, -0.25) is 9.10 Å². The van der Waals surface area contributed by atoms with E-state index in [0.717, 1.165) is 17.5 Å². The van der Waals surface area contributed by atoms with Crippen molar-refractivity contribution < 1.29 is 13.2 Å². The SMILES string of the molecule is CCC(NC(=O)c1cccc(N(C)S(=O)(=O)c2ccccc2)c1)c1ccc(C)cc1. The number of rotatable bonds is 7. The maximum atomic E-state index is 12.9. The average Bonchev–Trinajstić information content (AvgIpc) is 2.78. The van der Waals surface area contributed by atoms with Crippen LogP contribution in [0.1, 0.15) is 40.9 Å². The van der Waals surface area contributed by atoms with Crippen molar-refractivity contribution >= 4 is 21.6 Å². The lowest BCUT2D eigenvalue weighted by Gasteiger charge is -2.21. The number of benzene rings is 3. The van der Waals surface area contributed by atoms with Crippen LogP contribution in [0.3, 0.4) is 0 Å². The van der Waals surface area contributed by atoms with Crippen LogP contribution < -0.4 is 9.62 Å². The quantitative estimate of drug-likeness (QED) is 0.600. The minimum atomic E-state index is -3.71. The van der Waals surface area contributed by atoms with Gasteiger partial charge in [-0.15, -0.1) is 0 Å². The zero-order valence-corrected chi connectivity index (χ0v) is 18.2. The van der Waals surface area contributed by atoms with E-state index in [4.69, 9.17) is 0 Å². The molecule has 0 aliphatic carbocycles. The minimum absolute atomic E-state index is 0.118. The Hall–Kier alpha value is -3.12. The van der Waals surface area contributed by atoms with Crippen LogP contribution in [0.15, 0.2) is 83.8 Å². The molecule has 0 aliphatic rings. The van der Waals surface area contributed by atoms with Crippen LogP contribution in [-0.2, 0) is 10.0 Å². The first kappa shape index (κ1) is 21.6. The molecule has 5 nitrogen and oxygen atoms in total. The number of nitrogens with zero attached hydrogens (tertiary/aromatic N) is 1. The summed E-state index contributed by atoms with van der Waals surface area (Å²) in [5.41, 5.74) is 3.04. The summed E-state index contributed by atoms with van der Waals surface area (Å²) in [7, 11) is -2.22.